The summed E-state index contributed by atoms with van der Waals surface area (Å²) in [5, 5.41) is 0. The SMILES string of the molecule is CC[C@@H](CNS(=O)(=O)N1CCS(=O)(=O)CC1)c1ccccc1. The normalized spacial score (nSPS) is 20.6. The molecule has 1 aliphatic rings. The highest BCUT2D eigenvalue weighted by molar-refractivity contribution is 7.91. The van der Waals surface area contributed by atoms with Gasteiger partial charge in [-0.15, -0.1) is 0 Å². The minimum absolute atomic E-state index is 0.0276. The number of sulfone groups is 1. The van der Waals surface area contributed by atoms with E-state index < -0.39 is 20.0 Å². The van der Waals surface area contributed by atoms with Crippen LogP contribution in [0.1, 0.15) is 24.8 Å². The molecule has 0 aromatic heterocycles. The van der Waals surface area contributed by atoms with Gasteiger partial charge in [0.15, 0.2) is 9.84 Å². The van der Waals surface area contributed by atoms with E-state index in [4.69, 9.17) is 0 Å². The average Bonchev–Trinajstić information content (AvgIpc) is 2.48. The van der Waals surface area contributed by atoms with Crippen molar-refractivity contribution in [1.82, 2.24) is 9.03 Å². The van der Waals surface area contributed by atoms with E-state index in [1.807, 2.05) is 37.3 Å². The third kappa shape index (κ3) is 4.52. The van der Waals surface area contributed by atoms with Crippen molar-refractivity contribution < 1.29 is 16.8 Å². The van der Waals surface area contributed by atoms with Crippen LogP contribution in [0.2, 0.25) is 0 Å². The lowest BCUT2D eigenvalue weighted by molar-refractivity contribution is 0.419. The van der Waals surface area contributed by atoms with Crippen LogP contribution in [0.5, 0.6) is 0 Å². The summed E-state index contributed by atoms with van der Waals surface area (Å²) in [6, 6.07) is 9.75. The molecule has 1 heterocycles. The molecular formula is C14H22N2O4S2. The van der Waals surface area contributed by atoms with Crippen molar-refractivity contribution in [2.45, 2.75) is 19.3 Å². The maximum atomic E-state index is 12.3. The summed E-state index contributed by atoms with van der Waals surface area (Å²) in [4.78, 5) is 0. The fourth-order valence-corrected chi connectivity index (χ4v) is 5.15. The Morgan fingerprint density at radius 3 is 2.32 bits per heavy atom. The lowest BCUT2D eigenvalue weighted by Crippen LogP contribution is -2.49. The van der Waals surface area contributed by atoms with Gasteiger partial charge in [0.25, 0.3) is 10.2 Å². The Morgan fingerprint density at radius 2 is 1.77 bits per heavy atom. The number of hydrogen-bond donors (Lipinski definition) is 1. The van der Waals surface area contributed by atoms with Crippen LogP contribution in [0.4, 0.5) is 0 Å². The smallest absolute Gasteiger partial charge is 0.229 e. The fraction of sp³-hybridized carbons (Fsp3) is 0.571. The predicted molar refractivity (Wildman–Crippen MR) is 86.6 cm³/mol. The van der Waals surface area contributed by atoms with Crippen molar-refractivity contribution in [2.75, 3.05) is 31.1 Å². The molecule has 1 fully saturated rings. The molecule has 0 aliphatic carbocycles. The zero-order valence-electron chi connectivity index (χ0n) is 12.6. The standard InChI is InChI=1S/C14H22N2O4S2/c1-2-13(14-6-4-3-5-7-14)12-15-22(19,20)16-8-10-21(17,18)11-9-16/h3-7,13,15H,2,8-12H2,1H3/t13-/m0/s1. The Morgan fingerprint density at radius 1 is 1.18 bits per heavy atom. The van der Waals surface area contributed by atoms with Crippen molar-refractivity contribution in [3.63, 3.8) is 0 Å². The van der Waals surface area contributed by atoms with Crippen LogP contribution < -0.4 is 4.72 Å². The highest BCUT2D eigenvalue weighted by Gasteiger charge is 2.30. The van der Waals surface area contributed by atoms with Gasteiger partial charge in [-0.05, 0) is 17.9 Å². The minimum Gasteiger partial charge on any atom is -0.229 e. The van der Waals surface area contributed by atoms with E-state index in [2.05, 4.69) is 4.72 Å². The van der Waals surface area contributed by atoms with E-state index in [1.165, 1.54) is 4.31 Å². The molecule has 0 radical (unpaired) electrons. The van der Waals surface area contributed by atoms with Crippen molar-refractivity contribution >= 4 is 20.0 Å². The summed E-state index contributed by atoms with van der Waals surface area (Å²) < 4.78 is 51.1. The third-order valence-electron chi connectivity index (χ3n) is 3.92. The number of benzene rings is 1. The van der Waals surface area contributed by atoms with Gasteiger partial charge in [-0.1, -0.05) is 37.3 Å². The molecule has 0 unspecified atom stereocenters. The van der Waals surface area contributed by atoms with Crippen LogP contribution in [-0.2, 0) is 20.0 Å². The number of hydrogen-bond acceptors (Lipinski definition) is 4. The molecule has 0 saturated carbocycles. The van der Waals surface area contributed by atoms with E-state index >= 15 is 0 Å². The molecule has 1 N–H and O–H groups in total. The van der Waals surface area contributed by atoms with Gasteiger partial charge in [-0.25, -0.2) is 13.1 Å². The van der Waals surface area contributed by atoms with Crippen LogP contribution in [0, 0.1) is 0 Å². The van der Waals surface area contributed by atoms with Crippen LogP contribution in [0.3, 0.4) is 0 Å². The highest BCUT2D eigenvalue weighted by Crippen LogP contribution is 2.18. The van der Waals surface area contributed by atoms with E-state index in [0.717, 1.165) is 12.0 Å². The Bertz CT molecular complexity index is 673. The van der Waals surface area contributed by atoms with Crippen molar-refractivity contribution in [2.24, 2.45) is 0 Å². The summed E-state index contributed by atoms with van der Waals surface area (Å²) in [5.41, 5.74) is 1.09. The van der Waals surface area contributed by atoms with E-state index in [-0.39, 0.29) is 30.5 Å². The topological polar surface area (TPSA) is 83.6 Å². The first-order valence-corrected chi connectivity index (χ1v) is 10.6. The first-order valence-electron chi connectivity index (χ1n) is 7.34. The van der Waals surface area contributed by atoms with Gasteiger partial charge < -0.3 is 0 Å². The maximum absolute atomic E-state index is 12.3. The molecule has 0 amide bonds. The molecule has 1 aliphatic heterocycles. The number of nitrogens with one attached hydrogen (secondary N) is 1. The van der Waals surface area contributed by atoms with Gasteiger partial charge in [0.05, 0.1) is 11.5 Å². The van der Waals surface area contributed by atoms with Crippen molar-refractivity contribution in [1.29, 1.82) is 0 Å². The van der Waals surface area contributed by atoms with Crippen molar-refractivity contribution in [3.05, 3.63) is 35.9 Å². The largest absolute Gasteiger partial charge is 0.279 e. The first kappa shape index (κ1) is 17.4. The molecule has 1 atom stereocenters. The lowest BCUT2D eigenvalue weighted by atomic mass is 9.97. The second kappa shape index (κ2) is 7.08. The molecule has 6 nitrogen and oxygen atoms in total. The molecule has 124 valence electrons. The molecule has 0 bridgehead atoms. The monoisotopic (exact) mass is 346 g/mol. The average molecular weight is 346 g/mol. The van der Waals surface area contributed by atoms with E-state index in [0.29, 0.717) is 6.54 Å². The van der Waals surface area contributed by atoms with E-state index in [9.17, 15) is 16.8 Å². The summed E-state index contributed by atoms with van der Waals surface area (Å²) in [7, 11) is -6.72. The summed E-state index contributed by atoms with van der Waals surface area (Å²) in [6.45, 7) is 2.38. The van der Waals surface area contributed by atoms with Gasteiger partial charge in [-0.2, -0.15) is 12.7 Å². The Kier molecular flexibility index (Phi) is 5.60. The van der Waals surface area contributed by atoms with Crippen LogP contribution in [-0.4, -0.2) is 52.3 Å². The molecule has 0 spiro atoms. The highest BCUT2D eigenvalue weighted by atomic mass is 32.2. The van der Waals surface area contributed by atoms with Gasteiger partial charge in [0, 0.05) is 19.6 Å². The summed E-state index contributed by atoms with van der Waals surface area (Å²) in [6.07, 6.45) is 0.820. The fourth-order valence-electron chi connectivity index (χ4n) is 2.46. The molecule has 22 heavy (non-hydrogen) atoms. The second-order valence-electron chi connectivity index (χ2n) is 5.42. The summed E-state index contributed by atoms with van der Waals surface area (Å²) >= 11 is 0. The summed E-state index contributed by atoms with van der Waals surface area (Å²) in [5.74, 6) is -0.113. The zero-order valence-corrected chi connectivity index (χ0v) is 14.2. The Hall–Kier alpha value is -0.960. The molecule has 1 saturated heterocycles. The second-order valence-corrected chi connectivity index (χ2v) is 9.48. The Labute approximate surface area is 132 Å². The van der Waals surface area contributed by atoms with Gasteiger partial charge in [0.2, 0.25) is 0 Å². The first-order chi connectivity index (χ1) is 10.3. The van der Waals surface area contributed by atoms with Gasteiger partial charge in [-0.3, -0.25) is 0 Å². The Balaban J connectivity index is 1.97. The molecular weight excluding hydrogens is 324 g/mol. The quantitative estimate of drug-likeness (QED) is 0.824. The number of nitrogens with zero attached hydrogens (tertiary/aromatic N) is 1. The number of rotatable bonds is 6. The minimum atomic E-state index is -3.63. The van der Waals surface area contributed by atoms with Gasteiger partial charge >= 0.3 is 0 Å². The third-order valence-corrected chi connectivity index (χ3v) is 7.10. The molecule has 8 heteroatoms. The zero-order chi connectivity index (χ0) is 16.2. The van der Waals surface area contributed by atoms with Crippen LogP contribution >= 0.6 is 0 Å². The lowest BCUT2D eigenvalue weighted by Gasteiger charge is -2.27. The molecule has 1 aromatic carbocycles. The van der Waals surface area contributed by atoms with E-state index in [1.54, 1.807) is 0 Å². The van der Waals surface area contributed by atoms with Crippen LogP contribution in [0.15, 0.2) is 30.3 Å². The van der Waals surface area contributed by atoms with Gasteiger partial charge in [0.1, 0.15) is 0 Å². The predicted octanol–water partition coefficient (Wildman–Crippen LogP) is 0.745. The maximum Gasteiger partial charge on any atom is 0.279 e. The van der Waals surface area contributed by atoms with Crippen LogP contribution in [0.25, 0.3) is 0 Å². The molecule has 1 aromatic rings. The molecule has 2 rings (SSSR count). The van der Waals surface area contributed by atoms with Crippen molar-refractivity contribution in [3.8, 4) is 0 Å².